The molecule has 50 valence electrons. The van der Waals surface area contributed by atoms with Gasteiger partial charge in [0.05, 0.1) is 0 Å². The topological polar surface area (TPSA) is 81.8 Å². The van der Waals surface area contributed by atoms with Gasteiger partial charge in [0, 0.05) is 0 Å². The summed E-state index contributed by atoms with van der Waals surface area (Å²) in [7, 11) is 0. The molecule has 0 atom stereocenters. The molecule has 0 fully saturated rings. The summed E-state index contributed by atoms with van der Waals surface area (Å²) >= 11 is 0. The van der Waals surface area contributed by atoms with Crippen LogP contribution < -0.4 is 5.73 Å². The van der Waals surface area contributed by atoms with Crippen molar-refractivity contribution in [2.75, 3.05) is 6.61 Å². The molecule has 5 nitrogen and oxygen atoms in total. The smallest absolute Gasteiger partial charge is 0.263 e. The molecule has 0 aliphatic heterocycles. The van der Waals surface area contributed by atoms with Gasteiger partial charge in [-0.1, -0.05) is 5.16 Å². The van der Waals surface area contributed by atoms with Crippen molar-refractivity contribution in [3.05, 3.63) is 0 Å². The quantitative estimate of drug-likeness (QED) is 0.221. The second-order valence-electron chi connectivity index (χ2n) is 1.10. The van der Waals surface area contributed by atoms with E-state index >= 15 is 0 Å². The molecule has 0 rings (SSSR count). The standard InChI is InChI=1S/C4H6N2O3/c5-4(8)3-6-9-2-1-7/h1,3H,2H2,(H2,5,8). The highest BCUT2D eigenvalue weighted by Crippen LogP contribution is 1.67. The molecule has 0 saturated heterocycles. The zero-order valence-corrected chi connectivity index (χ0v) is 4.61. The summed E-state index contributed by atoms with van der Waals surface area (Å²) in [6.45, 7) is -0.163. The molecule has 0 unspecified atom stereocenters. The number of primary amides is 1. The Morgan fingerprint density at radius 2 is 2.44 bits per heavy atom. The minimum atomic E-state index is -0.708. The normalized spacial score (nSPS) is 9.33. The van der Waals surface area contributed by atoms with Crippen LogP contribution in [-0.2, 0) is 14.4 Å². The van der Waals surface area contributed by atoms with Gasteiger partial charge in [0.15, 0.2) is 12.9 Å². The third-order valence-electron chi connectivity index (χ3n) is 0.397. The second-order valence-corrected chi connectivity index (χ2v) is 1.10. The fourth-order valence-electron chi connectivity index (χ4n) is 0.163. The Morgan fingerprint density at radius 1 is 1.78 bits per heavy atom. The molecule has 0 aliphatic rings. The zero-order chi connectivity index (χ0) is 7.11. The molecule has 2 N–H and O–H groups in total. The van der Waals surface area contributed by atoms with E-state index in [9.17, 15) is 9.59 Å². The van der Waals surface area contributed by atoms with Gasteiger partial charge in [-0.3, -0.25) is 9.59 Å². The summed E-state index contributed by atoms with van der Waals surface area (Å²) < 4.78 is 0. The van der Waals surface area contributed by atoms with Gasteiger partial charge in [0.2, 0.25) is 0 Å². The number of carbonyl (C=O) groups excluding carboxylic acids is 2. The SMILES string of the molecule is NC(=O)C=NOCC=O. The minimum Gasteiger partial charge on any atom is -0.388 e. The van der Waals surface area contributed by atoms with Crippen LogP contribution in [0.25, 0.3) is 0 Å². The predicted octanol–water partition coefficient (Wildman–Crippen LogP) is -1.33. The van der Waals surface area contributed by atoms with E-state index in [0.717, 1.165) is 6.21 Å². The van der Waals surface area contributed by atoms with Crippen LogP contribution in [0.3, 0.4) is 0 Å². The average Bonchev–Trinajstić information content (AvgIpc) is 1.80. The first-order chi connectivity index (χ1) is 4.27. The van der Waals surface area contributed by atoms with Crippen LogP contribution >= 0.6 is 0 Å². The fraction of sp³-hybridized carbons (Fsp3) is 0.250. The molecule has 0 aliphatic carbocycles. The first kappa shape index (κ1) is 7.61. The van der Waals surface area contributed by atoms with Crippen molar-refractivity contribution in [2.24, 2.45) is 10.9 Å². The Morgan fingerprint density at radius 3 is 2.89 bits per heavy atom. The van der Waals surface area contributed by atoms with Gasteiger partial charge in [-0.2, -0.15) is 0 Å². The van der Waals surface area contributed by atoms with Crippen LogP contribution in [0.4, 0.5) is 0 Å². The van der Waals surface area contributed by atoms with Gasteiger partial charge >= 0.3 is 0 Å². The van der Waals surface area contributed by atoms with Crippen molar-refractivity contribution in [2.45, 2.75) is 0 Å². The number of aldehydes is 1. The van der Waals surface area contributed by atoms with Crippen LogP contribution in [0, 0.1) is 0 Å². The van der Waals surface area contributed by atoms with Crippen molar-refractivity contribution in [3.63, 3.8) is 0 Å². The van der Waals surface area contributed by atoms with Crippen molar-refractivity contribution in [1.29, 1.82) is 0 Å². The molecule has 0 radical (unpaired) electrons. The largest absolute Gasteiger partial charge is 0.388 e. The number of amides is 1. The highest BCUT2D eigenvalue weighted by molar-refractivity contribution is 6.25. The van der Waals surface area contributed by atoms with Crippen molar-refractivity contribution < 1.29 is 14.4 Å². The molecule has 5 heteroatoms. The van der Waals surface area contributed by atoms with Crippen LogP contribution in [0.2, 0.25) is 0 Å². The highest BCUT2D eigenvalue weighted by atomic mass is 16.6. The molecular formula is C4H6N2O3. The zero-order valence-electron chi connectivity index (χ0n) is 4.61. The second kappa shape index (κ2) is 4.76. The lowest BCUT2D eigenvalue weighted by Gasteiger charge is -1.85. The Hall–Kier alpha value is -1.39. The molecule has 1 amide bonds. The summed E-state index contributed by atoms with van der Waals surface area (Å²) in [6, 6.07) is 0. The van der Waals surface area contributed by atoms with Gasteiger partial charge in [-0.15, -0.1) is 0 Å². The molecule has 0 spiro atoms. The summed E-state index contributed by atoms with van der Waals surface area (Å²) in [5.41, 5.74) is 4.62. The first-order valence-electron chi connectivity index (χ1n) is 2.15. The van der Waals surface area contributed by atoms with E-state index in [1.54, 1.807) is 0 Å². The third kappa shape index (κ3) is 6.61. The number of hydrogen-bond acceptors (Lipinski definition) is 4. The maximum atomic E-state index is 9.87. The van der Waals surface area contributed by atoms with E-state index in [1.807, 2.05) is 0 Å². The van der Waals surface area contributed by atoms with Crippen LogP contribution in [-0.4, -0.2) is 25.0 Å². The molecular weight excluding hydrogens is 124 g/mol. The summed E-state index contributed by atoms with van der Waals surface area (Å²) in [4.78, 5) is 23.6. The molecule has 0 bridgehead atoms. The van der Waals surface area contributed by atoms with Gasteiger partial charge in [0.25, 0.3) is 5.91 Å². The summed E-state index contributed by atoms with van der Waals surface area (Å²) in [5, 5.41) is 3.03. The number of oxime groups is 1. The average molecular weight is 130 g/mol. The monoisotopic (exact) mass is 130 g/mol. The van der Waals surface area contributed by atoms with E-state index in [1.165, 1.54) is 0 Å². The number of hydrogen-bond donors (Lipinski definition) is 1. The lowest BCUT2D eigenvalue weighted by Crippen LogP contribution is -2.11. The molecule has 9 heavy (non-hydrogen) atoms. The Kier molecular flexibility index (Phi) is 4.03. The van der Waals surface area contributed by atoms with Crippen molar-refractivity contribution >= 4 is 18.4 Å². The Bertz CT molecular complexity index is 132. The van der Waals surface area contributed by atoms with Crippen LogP contribution in [0.15, 0.2) is 5.16 Å². The van der Waals surface area contributed by atoms with E-state index in [0.29, 0.717) is 6.29 Å². The number of nitrogens with two attached hydrogens (primary N) is 1. The van der Waals surface area contributed by atoms with Crippen molar-refractivity contribution in [1.82, 2.24) is 0 Å². The maximum absolute atomic E-state index is 9.87. The van der Waals surface area contributed by atoms with E-state index < -0.39 is 5.91 Å². The fourth-order valence-corrected chi connectivity index (χ4v) is 0.163. The van der Waals surface area contributed by atoms with Crippen LogP contribution in [0.5, 0.6) is 0 Å². The molecule has 0 saturated carbocycles. The summed E-state index contributed by atoms with van der Waals surface area (Å²) in [6.07, 6.45) is 1.29. The molecule has 0 heterocycles. The Balaban J connectivity index is 3.24. The molecule has 0 aromatic rings. The van der Waals surface area contributed by atoms with Crippen molar-refractivity contribution in [3.8, 4) is 0 Å². The van der Waals surface area contributed by atoms with Gasteiger partial charge in [0.1, 0.15) is 6.21 Å². The molecule has 0 aromatic heterocycles. The number of carbonyl (C=O) groups is 2. The van der Waals surface area contributed by atoms with Crippen LogP contribution in [0.1, 0.15) is 0 Å². The van der Waals surface area contributed by atoms with E-state index in [2.05, 4.69) is 15.7 Å². The minimum absolute atomic E-state index is 0.163. The van der Waals surface area contributed by atoms with Gasteiger partial charge in [-0.25, -0.2) is 0 Å². The maximum Gasteiger partial charge on any atom is 0.263 e. The number of rotatable bonds is 4. The van der Waals surface area contributed by atoms with E-state index in [4.69, 9.17) is 0 Å². The lowest BCUT2D eigenvalue weighted by atomic mass is 10.7. The first-order valence-corrected chi connectivity index (χ1v) is 2.15. The molecule has 0 aromatic carbocycles. The van der Waals surface area contributed by atoms with Gasteiger partial charge < -0.3 is 10.6 Å². The summed E-state index contributed by atoms with van der Waals surface area (Å²) in [5.74, 6) is -0.708. The third-order valence-corrected chi connectivity index (χ3v) is 0.397. The highest BCUT2D eigenvalue weighted by Gasteiger charge is 1.81. The Labute approximate surface area is 51.5 Å². The van der Waals surface area contributed by atoms with Gasteiger partial charge in [-0.05, 0) is 0 Å². The van der Waals surface area contributed by atoms with E-state index in [-0.39, 0.29) is 6.61 Å². The lowest BCUT2D eigenvalue weighted by molar-refractivity contribution is -0.113. The predicted molar refractivity (Wildman–Crippen MR) is 29.7 cm³/mol. The number of nitrogens with zero attached hydrogens (tertiary/aromatic N) is 1.